The van der Waals surface area contributed by atoms with E-state index in [-0.39, 0.29) is 12.6 Å². The lowest BCUT2D eigenvalue weighted by Gasteiger charge is -2.47. The third-order valence-electron chi connectivity index (χ3n) is 4.77. The summed E-state index contributed by atoms with van der Waals surface area (Å²) in [4.78, 5) is 27.1. The minimum absolute atomic E-state index is 0.139. The van der Waals surface area contributed by atoms with Gasteiger partial charge in [-0.25, -0.2) is 4.79 Å². The van der Waals surface area contributed by atoms with Crippen molar-refractivity contribution in [2.24, 2.45) is 0 Å². The fourth-order valence-corrected chi connectivity index (χ4v) is 3.22. The molecule has 0 aromatic heterocycles. The van der Waals surface area contributed by atoms with Crippen LogP contribution >= 0.6 is 0 Å². The van der Waals surface area contributed by atoms with E-state index in [9.17, 15) is 22.8 Å². The van der Waals surface area contributed by atoms with Gasteiger partial charge in [0.1, 0.15) is 6.17 Å². The quantitative estimate of drug-likeness (QED) is 0.589. The summed E-state index contributed by atoms with van der Waals surface area (Å²) >= 11 is 0. The fraction of sp³-hybridized carbons (Fsp3) is 0.474. The Kier molecular flexibility index (Phi) is 7.06. The Morgan fingerprint density at radius 2 is 1.93 bits per heavy atom. The number of rotatable bonds is 6. The van der Waals surface area contributed by atoms with Gasteiger partial charge in [0, 0.05) is 31.4 Å². The number of amides is 1. The van der Waals surface area contributed by atoms with Crippen LogP contribution < -0.4 is 10.2 Å². The van der Waals surface area contributed by atoms with Crippen molar-refractivity contribution in [2.75, 3.05) is 31.6 Å². The molecule has 0 aliphatic carbocycles. The van der Waals surface area contributed by atoms with Crippen LogP contribution in [0, 0.1) is 0 Å². The average Bonchev–Trinajstić information content (AvgIpc) is 2.67. The van der Waals surface area contributed by atoms with Crippen LogP contribution in [-0.4, -0.2) is 61.9 Å². The number of esters is 1. The van der Waals surface area contributed by atoms with Crippen LogP contribution in [-0.2, 0) is 9.53 Å². The average molecular weight is 399 g/mol. The van der Waals surface area contributed by atoms with Gasteiger partial charge in [-0.05, 0) is 37.3 Å². The predicted octanol–water partition coefficient (Wildman–Crippen LogP) is 2.56. The minimum atomic E-state index is -4.24. The van der Waals surface area contributed by atoms with Gasteiger partial charge in [-0.3, -0.25) is 9.69 Å². The number of carbonyl (C=O) groups excluding carboxylic acids is 2. The third-order valence-corrected chi connectivity index (χ3v) is 4.77. The largest absolute Gasteiger partial charge is 0.465 e. The molecular formula is C19H24F3N3O3. The monoisotopic (exact) mass is 399 g/mol. The highest BCUT2D eigenvalue weighted by Gasteiger charge is 2.37. The van der Waals surface area contributed by atoms with Crippen molar-refractivity contribution in [1.29, 1.82) is 0 Å². The number of hydrogen-bond donors (Lipinski definition) is 1. The Bertz CT molecular complexity index is 707. The molecule has 1 amide bonds. The van der Waals surface area contributed by atoms with Crippen LogP contribution in [0.3, 0.4) is 0 Å². The summed E-state index contributed by atoms with van der Waals surface area (Å²) < 4.78 is 42.5. The molecule has 0 saturated carbocycles. The number of piperazine rings is 1. The summed E-state index contributed by atoms with van der Waals surface area (Å²) in [5.41, 5.74) is 1.12. The minimum Gasteiger partial charge on any atom is -0.465 e. The number of anilines is 1. The van der Waals surface area contributed by atoms with Gasteiger partial charge in [0.05, 0.1) is 19.1 Å². The molecule has 1 saturated heterocycles. The number of nitrogens with one attached hydrogen (secondary N) is 1. The van der Waals surface area contributed by atoms with Gasteiger partial charge in [-0.15, -0.1) is 0 Å². The van der Waals surface area contributed by atoms with E-state index in [1.54, 1.807) is 36.1 Å². The van der Waals surface area contributed by atoms with Gasteiger partial charge in [-0.2, -0.15) is 13.2 Å². The predicted molar refractivity (Wildman–Crippen MR) is 99.0 cm³/mol. The molecule has 0 bridgehead atoms. The van der Waals surface area contributed by atoms with Crippen molar-refractivity contribution in [3.05, 3.63) is 42.5 Å². The lowest BCUT2D eigenvalue weighted by atomic mass is 10.1. The smallest absolute Gasteiger partial charge is 0.390 e. The molecule has 1 aromatic rings. The Balaban J connectivity index is 2.21. The number of benzene rings is 1. The molecule has 1 aliphatic rings. The van der Waals surface area contributed by atoms with E-state index in [0.717, 1.165) is 11.8 Å². The summed E-state index contributed by atoms with van der Waals surface area (Å²) in [6.07, 6.45) is -4.57. The molecule has 1 fully saturated rings. The number of hydrogen-bond acceptors (Lipinski definition) is 5. The molecule has 2 atom stereocenters. The molecule has 6 nitrogen and oxygen atoms in total. The summed E-state index contributed by atoms with van der Waals surface area (Å²) in [6, 6.07) is 6.29. The Morgan fingerprint density at radius 3 is 2.46 bits per heavy atom. The maximum atomic E-state index is 12.6. The first-order valence-electron chi connectivity index (χ1n) is 8.85. The van der Waals surface area contributed by atoms with E-state index in [2.05, 4.69) is 16.6 Å². The number of ether oxygens (including phenoxy) is 1. The molecular weight excluding hydrogens is 375 g/mol. The van der Waals surface area contributed by atoms with Crippen molar-refractivity contribution in [3.8, 4) is 0 Å². The highest BCUT2D eigenvalue weighted by molar-refractivity contribution is 5.90. The molecule has 0 spiro atoms. The first-order chi connectivity index (χ1) is 13.2. The maximum Gasteiger partial charge on any atom is 0.390 e. The standard InChI is InChI=1S/C19H24F3N3O3/c1-4-16(26)23-17-13(2)24(10-9-19(20,21)22)11-12-25(17)15-7-5-14(6-8-15)18(27)28-3/h4-8,13,17H,1,9-12H2,2-3H3,(H,23,26). The zero-order valence-electron chi connectivity index (χ0n) is 15.8. The van der Waals surface area contributed by atoms with Gasteiger partial charge < -0.3 is 15.0 Å². The molecule has 0 radical (unpaired) electrons. The second kappa shape index (κ2) is 9.09. The number of nitrogens with zero attached hydrogens (tertiary/aromatic N) is 2. The highest BCUT2D eigenvalue weighted by Crippen LogP contribution is 2.26. The second-order valence-corrected chi connectivity index (χ2v) is 6.53. The molecule has 9 heteroatoms. The van der Waals surface area contributed by atoms with Crippen LogP contribution in [0.25, 0.3) is 0 Å². The zero-order chi connectivity index (χ0) is 20.9. The lowest BCUT2D eigenvalue weighted by molar-refractivity contribution is -0.140. The van der Waals surface area contributed by atoms with Crippen molar-refractivity contribution < 1.29 is 27.5 Å². The van der Waals surface area contributed by atoms with E-state index in [1.165, 1.54) is 7.11 Å². The molecule has 1 N–H and O–H groups in total. The van der Waals surface area contributed by atoms with Crippen molar-refractivity contribution in [2.45, 2.75) is 31.7 Å². The Labute approximate surface area is 161 Å². The second-order valence-electron chi connectivity index (χ2n) is 6.53. The molecule has 28 heavy (non-hydrogen) atoms. The van der Waals surface area contributed by atoms with E-state index in [1.807, 2.05) is 4.90 Å². The first kappa shape index (κ1) is 21.7. The molecule has 1 heterocycles. The van der Waals surface area contributed by atoms with Crippen molar-refractivity contribution >= 4 is 17.6 Å². The van der Waals surface area contributed by atoms with Crippen LogP contribution in [0.4, 0.5) is 18.9 Å². The van der Waals surface area contributed by atoms with Gasteiger partial charge in [0.2, 0.25) is 5.91 Å². The van der Waals surface area contributed by atoms with Gasteiger partial charge in [-0.1, -0.05) is 6.58 Å². The van der Waals surface area contributed by atoms with Crippen LogP contribution in [0.15, 0.2) is 36.9 Å². The zero-order valence-corrected chi connectivity index (χ0v) is 15.8. The van der Waals surface area contributed by atoms with E-state index in [4.69, 9.17) is 0 Å². The van der Waals surface area contributed by atoms with Gasteiger partial charge >= 0.3 is 12.1 Å². The van der Waals surface area contributed by atoms with E-state index in [0.29, 0.717) is 18.7 Å². The van der Waals surface area contributed by atoms with Gasteiger partial charge in [0.15, 0.2) is 0 Å². The number of carbonyl (C=O) groups is 2. The topological polar surface area (TPSA) is 61.9 Å². The first-order valence-corrected chi connectivity index (χ1v) is 8.85. The Morgan fingerprint density at radius 1 is 1.29 bits per heavy atom. The van der Waals surface area contributed by atoms with E-state index >= 15 is 0 Å². The molecule has 1 aliphatic heterocycles. The molecule has 2 rings (SSSR count). The number of methoxy groups -OCH3 is 1. The van der Waals surface area contributed by atoms with E-state index < -0.39 is 30.6 Å². The van der Waals surface area contributed by atoms with Crippen molar-refractivity contribution in [3.63, 3.8) is 0 Å². The SMILES string of the molecule is C=CC(=O)NC1C(C)N(CCC(F)(F)F)CCN1c1ccc(C(=O)OC)cc1. The molecule has 154 valence electrons. The normalized spacial score (nSPS) is 20.5. The third kappa shape index (κ3) is 5.48. The summed E-state index contributed by atoms with van der Waals surface area (Å²) in [5, 5.41) is 2.80. The van der Waals surface area contributed by atoms with Gasteiger partial charge in [0.25, 0.3) is 0 Å². The fourth-order valence-electron chi connectivity index (χ4n) is 3.22. The lowest BCUT2D eigenvalue weighted by Crippen LogP contribution is -2.65. The van der Waals surface area contributed by atoms with Crippen LogP contribution in [0.1, 0.15) is 23.7 Å². The molecule has 1 aromatic carbocycles. The number of alkyl halides is 3. The molecule has 2 unspecified atom stereocenters. The summed E-state index contributed by atoms with van der Waals surface area (Å²) in [7, 11) is 1.29. The maximum absolute atomic E-state index is 12.6. The summed E-state index contributed by atoms with van der Waals surface area (Å²) in [5.74, 6) is -0.876. The highest BCUT2D eigenvalue weighted by atomic mass is 19.4. The summed E-state index contributed by atoms with van der Waals surface area (Å²) in [6.45, 7) is 5.90. The Hall–Kier alpha value is -2.55. The van der Waals surface area contributed by atoms with Crippen LogP contribution in [0.5, 0.6) is 0 Å². The van der Waals surface area contributed by atoms with Crippen LogP contribution in [0.2, 0.25) is 0 Å². The van der Waals surface area contributed by atoms with Crippen molar-refractivity contribution in [1.82, 2.24) is 10.2 Å². The number of halogens is 3.